The van der Waals surface area contributed by atoms with Crippen molar-refractivity contribution in [2.45, 2.75) is 5.92 Å². The first-order chi connectivity index (χ1) is 6.56. The molecule has 4 heteroatoms. The third-order valence-electron chi connectivity index (χ3n) is 1.88. The van der Waals surface area contributed by atoms with Crippen molar-refractivity contribution in [1.82, 2.24) is 0 Å². The summed E-state index contributed by atoms with van der Waals surface area (Å²) in [4.78, 5) is 9.54. The summed E-state index contributed by atoms with van der Waals surface area (Å²) in [5.74, 6) is -1.10. The highest BCUT2D eigenvalue weighted by atomic mass is 19.1. The van der Waals surface area contributed by atoms with Crippen LogP contribution in [0.25, 0.3) is 0 Å². The SMILES string of the molecule is [CH2]C(C=C)c1ccc([N+](=O)[O-])c(F)c1. The predicted octanol–water partition coefficient (Wildman–Crippen LogP) is 2.84. The van der Waals surface area contributed by atoms with Crippen LogP contribution in [0.1, 0.15) is 11.5 Å². The molecular formula is C10H9FNO2. The lowest BCUT2D eigenvalue weighted by atomic mass is 10.0. The van der Waals surface area contributed by atoms with Crippen LogP contribution in [0.5, 0.6) is 0 Å². The molecule has 0 aliphatic carbocycles. The Labute approximate surface area is 81.0 Å². The zero-order chi connectivity index (χ0) is 10.7. The van der Waals surface area contributed by atoms with E-state index >= 15 is 0 Å². The molecule has 0 aliphatic heterocycles. The topological polar surface area (TPSA) is 43.1 Å². The van der Waals surface area contributed by atoms with E-state index in [0.717, 1.165) is 12.1 Å². The van der Waals surface area contributed by atoms with Gasteiger partial charge in [-0.2, -0.15) is 4.39 Å². The number of rotatable bonds is 3. The lowest BCUT2D eigenvalue weighted by Crippen LogP contribution is -1.95. The van der Waals surface area contributed by atoms with Crippen LogP contribution < -0.4 is 0 Å². The van der Waals surface area contributed by atoms with Crippen molar-refractivity contribution >= 4 is 5.69 Å². The minimum atomic E-state index is -0.844. The van der Waals surface area contributed by atoms with Crippen molar-refractivity contribution in [3.8, 4) is 0 Å². The van der Waals surface area contributed by atoms with Gasteiger partial charge >= 0.3 is 5.69 Å². The molecule has 0 spiro atoms. The van der Waals surface area contributed by atoms with Crippen molar-refractivity contribution < 1.29 is 9.31 Å². The van der Waals surface area contributed by atoms with Gasteiger partial charge < -0.3 is 0 Å². The number of allylic oxidation sites excluding steroid dienone is 1. The van der Waals surface area contributed by atoms with Gasteiger partial charge in [-0.15, -0.1) is 6.58 Å². The Balaban J connectivity index is 3.12. The van der Waals surface area contributed by atoms with Crippen molar-refractivity contribution in [1.29, 1.82) is 0 Å². The number of halogens is 1. The lowest BCUT2D eigenvalue weighted by molar-refractivity contribution is -0.387. The van der Waals surface area contributed by atoms with Crippen LogP contribution in [-0.4, -0.2) is 4.92 Å². The van der Waals surface area contributed by atoms with E-state index in [-0.39, 0.29) is 5.92 Å². The van der Waals surface area contributed by atoms with E-state index < -0.39 is 16.4 Å². The molecule has 1 unspecified atom stereocenters. The molecule has 1 rings (SSSR count). The smallest absolute Gasteiger partial charge is 0.258 e. The highest BCUT2D eigenvalue weighted by Crippen LogP contribution is 2.22. The molecule has 1 aromatic rings. The van der Waals surface area contributed by atoms with E-state index in [4.69, 9.17) is 0 Å². The Morgan fingerprint density at radius 3 is 2.64 bits per heavy atom. The maximum atomic E-state index is 13.1. The molecule has 0 amide bonds. The normalized spacial score (nSPS) is 12.1. The number of nitrogens with zero attached hydrogens (tertiary/aromatic N) is 1. The average molecular weight is 194 g/mol. The van der Waals surface area contributed by atoms with E-state index in [1.807, 2.05) is 0 Å². The highest BCUT2D eigenvalue weighted by Gasteiger charge is 2.14. The number of nitro benzene ring substituents is 1. The molecule has 0 heterocycles. The molecule has 0 N–H and O–H groups in total. The fraction of sp³-hybridized carbons (Fsp3) is 0.100. The van der Waals surface area contributed by atoms with Gasteiger partial charge in [0.15, 0.2) is 0 Å². The molecule has 1 radical (unpaired) electrons. The minimum Gasteiger partial charge on any atom is -0.258 e. The second-order valence-corrected chi connectivity index (χ2v) is 2.81. The van der Waals surface area contributed by atoms with E-state index in [1.54, 1.807) is 6.08 Å². The molecule has 73 valence electrons. The molecule has 0 fully saturated rings. The fourth-order valence-electron chi connectivity index (χ4n) is 1.04. The third kappa shape index (κ3) is 1.96. The zero-order valence-corrected chi connectivity index (χ0v) is 7.44. The number of hydrogen-bond donors (Lipinski definition) is 0. The molecule has 14 heavy (non-hydrogen) atoms. The standard InChI is InChI=1S/C10H9FNO2/c1-3-7(2)8-4-5-10(12(13)14)9(11)6-8/h3-7H,1-2H2. The first kappa shape index (κ1) is 10.4. The summed E-state index contributed by atoms with van der Waals surface area (Å²) in [5.41, 5.74) is 0.0492. The second-order valence-electron chi connectivity index (χ2n) is 2.81. The largest absolute Gasteiger partial charge is 0.304 e. The van der Waals surface area contributed by atoms with E-state index in [2.05, 4.69) is 13.5 Å². The van der Waals surface area contributed by atoms with Crippen molar-refractivity contribution in [2.75, 3.05) is 0 Å². The van der Waals surface area contributed by atoms with Crippen molar-refractivity contribution in [2.24, 2.45) is 0 Å². The van der Waals surface area contributed by atoms with Crippen molar-refractivity contribution in [3.05, 3.63) is 59.3 Å². The summed E-state index contributed by atoms with van der Waals surface area (Å²) >= 11 is 0. The van der Waals surface area contributed by atoms with Gasteiger partial charge in [-0.3, -0.25) is 10.1 Å². The summed E-state index contributed by atoms with van der Waals surface area (Å²) < 4.78 is 13.1. The van der Waals surface area contributed by atoms with Crippen LogP contribution in [0.15, 0.2) is 30.9 Å². The molecular weight excluding hydrogens is 185 g/mol. The zero-order valence-electron chi connectivity index (χ0n) is 7.44. The lowest BCUT2D eigenvalue weighted by Gasteiger charge is -2.05. The molecule has 0 aromatic heterocycles. The molecule has 1 atom stereocenters. The highest BCUT2D eigenvalue weighted by molar-refractivity contribution is 5.37. The predicted molar refractivity (Wildman–Crippen MR) is 51.3 cm³/mol. The van der Waals surface area contributed by atoms with E-state index in [9.17, 15) is 14.5 Å². The third-order valence-corrected chi connectivity index (χ3v) is 1.88. The Kier molecular flexibility index (Phi) is 2.96. The van der Waals surface area contributed by atoms with Crippen molar-refractivity contribution in [3.63, 3.8) is 0 Å². The number of nitro groups is 1. The van der Waals surface area contributed by atoms with Crippen LogP contribution in [0.2, 0.25) is 0 Å². The van der Waals surface area contributed by atoms with Crippen LogP contribution >= 0.6 is 0 Å². The summed E-state index contributed by atoms with van der Waals surface area (Å²) in [6.45, 7) is 7.19. The van der Waals surface area contributed by atoms with Gasteiger partial charge in [0.25, 0.3) is 0 Å². The number of hydrogen-bond acceptors (Lipinski definition) is 2. The molecule has 0 bridgehead atoms. The van der Waals surface area contributed by atoms with E-state index in [0.29, 0.717) is 5.56 Å². The van der Waals surface area contributed by atoms with Crippen LogP contribution in [0.3, 0.4) is 0 Å². The fourth-order valence-corrected chi connectivity index (χ4v) is 1.04. The maximum absolute atomic E-state index is 13.1. The quantitative estimate of drug-likeness (QED) is 0.422. The Bertz CT molecular complexity index is 376. The van der Waals surface area contributed by atoms with Gasteiger partial charge in [-0.25, -0.2) is 0 Å². The van der Waals surface area contributed by atoms with Gasteiger partial charge in [0.1, 0.15) is 0 Å². The molecule has 0 aliphatic rings. The maximum Gasteiger partial charge on any atom is 0.304 e. The molecule has 0 saturated carbocycles. The Morgan fingerprint density at radius 1 is 1.57 bits per heavy atom. The van der Waals surface area contributed by atoms with Gasteiger partial charge in [-0.1, -0.05) is 12.1 Å². The molecule has 1 aromatic carbocycles. The molecule has 0 saturated heterocycles. The number of benzene rings is 1. The van der Waals surface area contributed by atoms with Gasteiger partial charge in [0.05, 0.1) is 4.92 Å². The van der Waals surface area contributed by atoms with Crippen LogP contribution in [-0.2, 0) is 0 Å². The second kappa shape index (κ2) is 4.00. The Morgan fingerprint density at radius 2 is 2.21 bits per heavy atom. The van der Waals surface area contributed by atoms with Crippen LogP contribution in [0.4, 0.5) is 10.1 Å². The van der Waals surface area contributed by atoms with Crippen LogP contribution in [0, 0.1) is 22.9 Å². The Hall–Kier alpha value is -1.71. The van der Waals surface area contributed by atoms with E-state index in [1.165, 1.54) is 6.07 Å². The average Bonchev–Trinajstić information content (AvgIpc) is 2.15. The first-order valence-corrected chi connectivity index (χ1v) is 3.95. The summed E-state index contributed by atoms with van der Waals surface area (Å²) in [5, 5.41) is 10.3. The van der Waals surface area contributed by atoms with Gasteiger partial charge in [0.2, 0.25) is 5.82 Å². The van der Waals surface area contributed by atoms with Gasteiger partial charge in [-0.05, 0) is 18.6 Å². The summed E-state index contributed by atoms with van der Waals surface area (Å²) in [6, 6.07) is 3.71. The minimum absolute atomic E-state index is 0.259. The van der Waals surface area contributed by atoms with Gasteiger partial charge in [0, 0.05) is 12.0 Å². The summed E-state index contributed by atoms with van der Waals surface area (Å²) in [6.07, 6.45) is 1.54. The monoisotopic (exact) mass is 194 g/mol. The molecule has 3 nitrogen and oxygen atoms in total. The summed E-state index contributed by atoms with van der Waals surface area (Å²) in [7, 11) is 0. The first-order valence-electron chi connectivity index (χ1n) is 3.95.